The van der Waals surface area contributed by atoms with Crippen molar-refractivity contribution in [1.82, 2.24) is 10.2 Å². The lowest BCUT2D eigenvalue weighted by Gasteiger charge is -2.32. The van der Waals surface area contributed by atoms with Gasteiger partial charge in [0.25, 0.3) is 0 Å². The zero-order valence-electron chi connectivity index (χ0n) is 15.7. The van der Waals surface area contributed by atoms with Crippen molar-refractivity contribution in [3.63, 3.8) is 0 Å². The number of aliphatic hydroxyl groups excluding tert-OH is 1. The number of nitrogens with zero attached hydrogens (tertiary/aromatic N) is 2. The number of aliphatic hydroxyl groups is 1. The van der Waals surface area contributed by atoms with E-state index in [1.807, 2.05) is 0 Å². The summed E-state index contributed by atoms with van der Waals surface area (Å²) >= 11 is 0. The third kappa shape index (κ3) is 4.41. The quantitative estimate of drug-likeness (QED) is 0.777. The lowest BCUT2D eigenvalue weighted by molar-refractivity contribution is -0.135. The van der Waals surface area contributed by atoms with Gasteiger partial charge in [0.2, 0.25) is 11.8 Å². The second kappa shape index (κ2) is 8.55. The predicted octanol–water partition coefficient (Wildman–Crippen LogP) is 0.985. The first-order chi connectivity index (χ1) is 13.4. The first-order valence-corrected chi connectivity index (χ1v) is 9.29. The molecule has 28 heavy (non-hydrogen) atoms. The van der Waals surface area contributed by atoms with Gasteiger partial charge in [0.05, 0.1) is 18.8 Å². The summed E-state index contributed by atoms with van der Waals surface area (Å²) in [5.74, 6) is -0.940. The van der Waals surface area contributed by atoms with Gasteiger partial charge in [-0.1, -0.05) is 6.07 Å². The third-order valence-corrected chi connectivity index (χ3v) is 5.17. The number of nitrogens with one attached hydrogen (secondary N) is 1. The Kier molecular flexibility index (Phi) is 6.13. The van der Waals surface area contributed by atoms with Crippen molar-refractivity contribution in [3.05, 3.63) is 29.6 Å². The second-order valence-corrected chi connectivity index (χ2v) is 7.07. The summed E-state index contributed by atoms with van der Waals surface area (Å²) in [6.45, 7) is 2.28. The van der Waals surface area contributed by atoms with Gasteiger partial charge in [0.15, 0.2) is 0 Å². The van der Waals surface area contributed by atoms with Crippen LogP contribution in [-0.4, -0.2) is 66.8 Å². The molecule has 9 heteroatoms. The molecule has 0 radical (unpaired) electrons. The zero-order chi connectivity index (χ0) is 20.3. The molecule has 2 fully saturated rings. The standard InChI is InChI=1S/C19H24FN3O5/c1-12(25)21-9-15-10-23(19(27)28-15)14-2-3-16(17(20)8-14)13-4-6-22(7-5-13)18(26)11-24/h2-3,8,13,15,24H,4-7,9-11H2,1H3,(H,21,25)/t15-/m0/s1. The summed E-state index contributed by atoms with van der Waals surface area (Å²) < 4.78 is 19.9. The SMILES string of the molecule is CC(=O)NC[C@H]1CN(c2ccc(C3CCN(C(=O)CO)CC3)c(F)c2)C(=O)O1. The van der Waals surface area contributed by atoms with Crippen LogP contribution in [0, 0.1) is 5.82 Å². The minimum atomic E-state index is -0.571. The first kappa shape index (κ1) is 20.1. The maximum atomic E-state index is 14.7. The van der Waals surface area contributed by atoms with Gasteiger partial charge in [-0.2, -0.15) is 0 Å². The summed E-state index contributed by atoms with van der Waals surface area (Å²) in [5, 5.41) is 11.5. The van der Waals surface area contributed by atoms with Gasteiger partial charge >= 0.3 is 6.09 Å². The molecule has 152 valence electrons. The highest BCUT2D eigenvalue weighted by Crippen LogP contribution is 2.32. The molecule has 8 nitrogen and oxygen atoms in total. The van der Waals surface area contributed by atoms with E-state index in [9.17, 15) is 18.8 Å². The molecule has 2 aliphatic rings. The molecule has 2 aliphatic heterocycles. The Morgan fingerprint density at radius 1 is 1.32 bits per heavy atom. The fourth-order valence-electron chi connectivity index (χ4n) is 3.65. The molecule has 0 unspecified atom stereocenters. The number of likely N-dealkylation sites (tertiary alicyclic amines) is 1. The van der Waals surface area contributed by atoms with E-state index in [-0.39, 0.29) is 30.8 Å². The van der Waals surface area contributed by atoms with E-state index in [4.69, 9.17) is 9.84 Å². The van der Waals surface area contributed by atoms with Gasteiger partial charge < -0.3 is 20.1 Å². The molecule has 2 saturated heterocycles. The van der Waals surface area contributed by atoms with Gasteiger partial charge in [0, 0.05) is 20.0 Å². The summed E-state index contributed by atoms with van der Waals surface area (Å²) in [6, 6.07) is 4.68. The Morgan fingerprint density at radius 3 is 2.64 bits per heavy atom. The van der Waals surface area contributed by atoms with Crippen LogP contribution in [-0.2, 0) is 14.3 Å². The highest BCUT2D eigenvalue weighted by Gasteiger charge is 2.33. The van der Waals surface area contributed by atoms with Crippen molar-refractivity contribution in [1.29, 1.82) is 0 Å². The van der Waals surface area contributed by atoms with E-state index < -0.39 is 24.6 Å². The summed E-state index contributed by atoms with van der Waals surface area (Å²) in [6.07, 6.45) is 0.185. The Balaban J connectivity index is 1.64. The van der Waals surface area contributed by atoms with Crippen LogP contribution in [0.2, 0.25) is 0 Å². The lowest BCUT2D eigenvalue weighted by atomic mass is 9.89. The van der Waals surface area contributed by atoms with E-state index in [1.54, 1.807) is 17.0 Å². The number of benzene rings is 1. The van der Waals surface area contributed by atoms with Gasteiger partial charge in [-0.25, -0.2) is 9.18 Å². The number of carbonyl (C=O) groups is 3. The van der Waals surface area contributed by atoms with Crippen molar-refractivity contribution in [2.24, 2.45) is 0 Å². The second-order valence-electron chi connectivity index (χ2n) is 7.07. The summed E-state index contributed by atoms with van der Waals surface area (Å²) in [4.78, 5) is 37.5. The number of amides is 3. The number of halogens is 1. The van der Waals surface area contributed by atoms with E-state index in [1.165, 1.54) is 17.9 Å². The average Bonchev–Trinajstić information content (AvgIpc) is 3.06. The third-order valence-electron chi connectivity index (χ3n) is 5.17. The molecule has 0 aromatic heterocycles. The van der Waals surface area contributed by atoms with Crippen LogP contribution < -0.4 is 10.2 Å². The van der Waals surface area contributed by atoms with Crippen LogP contribution in [0.4, 0.5) is 14.9 Å². The number of anilines is 1. The van der Waals surface area contributed by atoms with Crippen molar-refractivity contribution >= 4 is 23.6 Å². The first-order valence-electron chi connectivity index (χ1n) is 9.29. The Labute approximate surface area is 162 Å². The van der Waals surface area contributed by atoms with Gasteiger partial charge in [-0.3, -0.25) is 14.5 Å². The molecule has 0 spiro atoms. The molecule has 0 bridgehead atoms. The molecule has 2 N–H and O–H groups in total. The monoisotopic (exact) mass is 393 g/mol. The number of carbonyl (C=O) groups excluding carboxylic acids is 3. The van der Waals surface area contributed by atoms with Crippen LogP contribution >= 0.6 is 0 Å². The zero-order valence-corrected chi connectivity index (χ0v) is 15.7. The molecule has 1 aromatic rings. The molecule has 3 rings (SSSR count). The number of ether oxygens (including phenoxy) is 1. The topological polar surface area (TPSA) is 99.2 Å². The predicted molar refractivity (Wildman–Crippen MR) is 98.3 cm³/mol. The van der Waals surface area contributed by atoms with Crippen LogP contribution in [0.1, 0.15) is 31.2 Å². The Hall–Kier alpha value is -2.68. The molecule has 2 heterocycles. The minimum absolute atomic E-state index is 0.0187. The van der Waals surface area contributed by atoms with E-state index in [0.29, 0.717) is 37.2 Å². The van der Waals surface area contributed by atoms with Crippen molar-refractivity contribution < 1.29 is 28.6 Å². The number of piperidine rings is 1. The molecular weight excluding hydrogens is 369 g/mol. The molecule has 1 aromatic carbocycles. The van der Waals surface area contributed by atoms with Gasteiger partial charge in [-0.15, -0.1) is 0 Å². The maximum Gasteiger partial charge on any atom is 0.414 e. The van der Waals surface area contributed by atoms with Crippen molar-refractivity contribution in [2.45, 2.75) is 31.8 Å². The van der Waals surface area contributed by atoms with Crippen LogP contribution in [0.5, 0.6) is 0 Å². The lowest BCUT2D eigenvalue weighted by Crippen LogP contribution is -2.39. The van der Waals surface area contributed by atoms with Crippen LogP contribution in [0.15, 0.2) is 18.2 Å². The summed E-state index contributed by atoms with van der Waals surface area (Å²) in [5.41, 5.74) is 0.965. The normalized spacial score (nSPS) is 20.2. The molecular formula is C19H24FN3O5. The van der Waals surface area contributed by atoms with Crippen molar-refractivity contribution in [3.8, 4) is 0 Å². The highest BCUT2D eigenvalue weighted by atomic mass is 19.1. The summed E-state index contributed by atoms with van der Waals surface area (Å²) in [7, 11) is 0. The van der Waals surface area contributed by atoms with Crippen LogP contribution in [0.25, 0.3) is 0 Å². The Bertz CT molecular complexity index is 764. The minimum Gasteiger partial charge on any atom is -0.442 e. The molecule has 0 saturated carbocycles. The molecule has 0 aliphatic carbocycles. The highest BCUT2D eigenvalue weighted by molar-refractivity contribution is 5.89. The fraction of sp³-hybridized carbons (Fsp3) is 0.526. The Morgan fingerprint density at radius 2 is 2.04 bits per heavy atom. The largest absolute Gasteiger partial charge is 0.442 e. The number of rotatable bonds is 5. The van der Waals surface area contributed by atoms with Gasteiger partial charge in [0.1, 0.15) is 18.5 Å². The van der Waals surface area contributed by atoms with E-state index in [0.717, 1.165) is 0 Å². The molecule has 1 atom stereocenters. The number of cyclic esters (lactones) is 1. The van der Waals surface area contributed by atoms with E-state index >= 15 is 0 Å². The smallest absolute Gasteiger partial charge is 0.414 e. The van der Waals surface area contributed by atoms with Crippen LogP contribution in [0.3, 0.4) is 0 Å². The number of hydrogen-bond donors (Lipinski definition) is 2. The average molecular weight is 393 g/mol. The van der Waals surface area contributed by atoms with E-state index in [2.05, 4.69) is 5.32 Å². The number of hydrogen-bond acceptors (Lipinski definition) is 5. The fourth-order valence-corrected chi connectivity index (χ4v) is 3.65. The van der Waals surface area contributed by atoms with Gasteiger partial charge in [-0.05, 0) is 36.5 Å². The van der Waals surface area contributed by atoms with Crippen molar-refractivity contribution in [2.75, 3.05) is 37.7 Å². The maximum absolute atomic E-state index is 14.7. The molecule has 3 amide bonds.